The zero-order chi connectivity index (χ0) is 26.3. The van der Waals surface area contributed by atoms with Gasteiger partial charge in [0, 0.05) is 84.6 Å². The number of nitrogens with one attached hydrogen (secondary N) is 3. The Morgan fingerprint density at radius 3 is 2.54 bits per heavy atom. The van der Waals surface area contributed by atoms with E-state index in [9.17, 15) is 0 Å². The van der Waals surface area contributed by atoms with Crippen LogP contribution in [-0.4, -0.2) is 56.3 Å². The number of piperazine rings is 1. The van der Waals surface area contributed by atoms with E-state index in [0.29, 0.717) is 22.5 Å². The Balaban J connectivity index is 1.17. The number of anilines is 4. The highest BCUT2D eigenvalue weighted by atomic mass is 35.5. The van der Waals surface area contributed by atoms with Crippen LogP contribution in [0.5, 0.6) is 11.8 Å². The van der Waals surface area contributed by atoms with Crippen molar-refractivity contribution in [2.75, 3.05) is 41.3 Å². The molecule has 5 aromatic rings. The molecule has 10 nitrogen and oxygen atoms in total. The molecule has 2 aliphatic rings. The van der Waals surface area contributed by atoms with Crippen LogP contribution in [-0.2, 0) is 0 Å². The SMILES string of the molecule is Cc1cc2c(Cl)c(Oc3nc(Nc4cc(C5CC5)[nH]n4)cc(N4CCN(c5ccncc5)CC4)n3)ccc2[nH]1. The molecular weight excluding hydrogens is 514 g/mol. The van der Waals surface area contributed by atoms with E-state index in [2.05, 4.69) is 40.3 Å². The van der Waals surface area contributed by atoms with Gasteiger partial charge in [0.15, 0.2) is 5.82 Å². The Labute approximate surface area is 230 Å². The molecule has 0 atom stereocenters. The monoisotopic (exact) mass is 541 g/mol. The topological polar surface area (TPSA) is 111 Å². The van der Waals surface area contributed by atoms with Crippen molar-refractivity contribution in [2.45, 2.75) is 25.7 Å². The lowest BCUT2D eigenvalue weighted by Crippen LogP contribution is -2.46. The van der Waals surface area contributed by atoms with E-state index in [1.165, 1.54) is 18.5 Å². The second kappa shape index (κ2) is 9.77. The molecule has 3 N–H and O–H groups in total. The van der Waals surface area contributed by atoms with Crippen molar-refractivity contribution < 1.29 is 4.74 Å². The van der Waals surface area contributed by atoms with Crippen molar-refractivity contribution in [1.29, 1.82) is 0 Å². The number of rotatable bonds is 7. The fraction of sp³-hybridized carbons (Fsp3) is 0.286. The summed E-state index contributed by atoms with van der Waals surface area (Å²) in [6, 6.07) is 14.1. The number of hydrogen-bond acceptors (Lipinski definition) is 8. The van der Waals surface area contributed by atoms with E-state index in [0.717, 1.165) is 60.1 Å². The van der Waals surface area contributed by atoms with E-state index in [1.807, 2.05) is 61.8 Å². The van der Waals surface area contributed by atoms with Crippen LogP contribution in [0, 0.1) is 6.92 Å². The van der Waals surface area contributed by atoms with Gasteiger partial charge in [-0.15, -0.1) is 0 Å². The number of fused-ring (bicyclic) bond motifs is 1. The normalized spacial score (nSPS) is 15.6. The summed E-state index contributed by atoms with van der Waals surface area (Å²) in [5.74, 6) is 3.19. The van der Waals surface area contributed by atoms with Gasteiger partial charge in [-0.1, -0.05) is 11.6 Å². The minimum atomic E-state index is 0.220. The number of halogens is 1. The first-order valence-electron chi connectivity index (χ1n) is 13.2. The Kier molecular flexibility index (Phi) is 5.96. The number of aromatic amines is 2. The quantitative estimate of drug-likeness (QED) is 0.238. The van der Waals surface area contributed by atoms with E-state index in [-0.39, 0.29) is 6.01 Å². The molecule has 1 aliphatic heterocycles. The van der Waals surface area contributed by atoms with Gasteiger partial charge in [-0.05, 0) is 50.1 Å². The molecule has 4 aromatic heterocycles. The van der Waals surface area contributed by atoms with Crippen LogP contribution in [0.25, 0.3) is 10.9 Å². The lowest BCUT2D eigenvalue weighted by Gasteiger charge is -2.36. The zero-order valence-corrected chi connectivity index (χ0v) is 22.2. The maximum absolute atomic E-state index is 6.72. The van der Waals surface area contributed by atoms with E-state index in [4.69, 9.17) is 21.3 Å². The van der Waals surface area contributed by atoms with Gasteiger partial charge in [-0.25, -0.2) is 0 Å². The Hall–Kier alpha value is -4.31. The van der Waals surface area contributed by atoms with E-state index in [1.54, 1.807) is 0 Å². The molecule has 198 valence electrons. The number of hydrogen-bond donors (Lipinski definition) is 3. The molecule has 0 unspecified atom stereocenters. The third-order valence-electron chi connectivity index (χ3n) is 7.23. The molecule has 7 rings (SSSR count). The fourth-order valence-electron chi connectivity index (χ4n) is 5.03. The predicted molar refractivity (Wildman–Crippen MR) is 153 cm³/mol. The van der Waals surface area contributed by atoms with Crippen LogP contribution in [0.1, 0.15) is 30.1 Å². The molecule has 0 radical (unpaired) electrons. The average Bonchev–Trinajstić information content (AvgIpc) is 3.58. The van der Waals surface area contributed by atoms with Crippen molar-refractivity contribution in [2.24, 2.45) is 0 Å². The summed E-state index contributed by atoms with van der Waals surface area (Å²) in [7, 11) is 0. The Bertz CT molecular complexity index is 1620. The molecule has 1 saturated carbocycles. The second-order valence-electron chi connectivity index (χ2n) is 10.1. The number of benzene rings is 1. The third-order valence-corrected chi connectivity index (χ3v) is 7.62. The average molecular weight is 542 g/mol. The maximum Gasteiger partial charge on any atom is 0.325 e. The minimum Gasteiger partial charge on any atom is -0.423 e. The number of ether oxygens (including phenoxy) is 1. The smallest absolute Gasteiger partial charge is 0.325 e. The lowest BCUT2D eigenvalue weighted by molar-refractivity contribution is 0.443. The molecular formula is C28H28ClN9O. The first-order valence-corrected chi connectivity index (χ1v) is 13.5. The van der Waals surface area contributed by atoms with Gasteiger partial charge in [0.1, 0.15) is 17.4 Å². The molecule has 1 saturated heterocycles. The molecule has 0 spiro atoms. The molecule has 39 heavy (non-hydrogen) atoms. The summed E-state index contributed by atoms with van der Waals surface area (Å²) in [6.07, 6.45) is 6.06. The van der Waals surface area contributed by atoms with Gasteiger partial charge in [0.05, 0.1) is 5.02 Å². The highest BCUT2D eigenvalue weighted by molar-refractivity contribution is 6.37. The summed E-state index contributed by atoms with van der Waals surface area (Å²) in [5.41, 5.74) is 4.31. The zero-order valence-electron chi connectivity index (χ0n) is 21.5. The first kappa shape index (κ1) is 23.8. The molecule has 1 aromatic carbocycles. The number of H-pyrrole nitrogens is 2. The van der Waals surface area contributed by atoms with Gasteiger partial charge < -0.3 is 24.8 Å². The second-order valence-corrected chi connectivity index (χ2v) is 10.5. The highest BCUT2D eigenvalue weighted by Gasteiger charge is 2.26. The number of aromatic nitrogens is 6. The van der Waals surface area contributed by atoms with Crippen LogP contribution in [0.4, 0.5) is 23.1 Å². The van der Waals surface area contributed by atoms with Gasteiger partial charge >= 0.3 is 6.01 Å². The van der Waals surface area contributed by atoms with Gasteiger partial charge in [-0.2, -0.15) is 15.1 Å². The van der Waals surface area contributed by atoms with Crippen LogP contribution >= 0.6 is 11.6 Å². The molecule has 0 amide bonds. The third kappa shape index (κ3) is 4.95. The predicted octanol–water partition coefficient (Wildman–Crippen LogP) is 5.78. The van der Waals surface area contributed by atoms with Crippen molar-refractivity contribution in [1.82, 2.24) is 30.1 Å². The largest absolute Gasteiger partial charge is 0.423 e. The summed E-state index contributed by atoms with van der Waals surface area (Å²) >= 11 is 6.72. The van der Waals surface area contributed by atoms with Crippen LogP contribution in [0.15, 0.2) is 54.9 Å². The first-order chi connectivity index (χ1) is 19.1. The molecule has 0 bridgehead atoms. The van der Waals surface area contributed by atoms with Crippen LogP contribution in [0.2, 0.25) is 5.02 Å². The van der Waals surface area contributed by atoms with Crippen LogP contribution < -0.4 is 19.9 Å². The lowest BCUT2D eigenvalue weighted by atomic mass is 10.2. The fourth-order valence-corrected chi connectivity index (χ4v) is 5.29. The van der Waals surface area contributed by atoms with Gasteiger partial charge in [0.2, 0.25) is 0 Å². The molecule has 1 aliphatic carbocycles. The van der Waals surface area contributed by atoms with Crippen molar-refractivity contribution in [3.05, 3.63) is 71.3 Å². The number of nitrogens with zero attached hydrogens (tertiary/aromatic N) is 6. The highest BCUT2D eigenvalue weighted by Crippen LogP contribution is 2.40. The van der Waals surface area contributed by atoms with E-state index < -0.39 is 0 Å². The minimum absolute atomic E-state index is 0.220. The summed E-state index contributed by atoms with van der Waals surface area (Å²) in [4.78, 5) is 21.5. The molecule has 5 heterocycles. The van der Waals surface area contributed by atoms with Gasteiger partial charge in [0.25, 0.3) is 0 Å². The number of aryl methyl sites for hydroxylation is 1. The van der Waals surface area contributed by atoms with Crippen molar-refractivity contribution >= 4 is 45.6 Å². The van der Waals surface area contributed by atoms with Crippen molar-refractivity contribution in [3.8, 4) is 11.8 Å². The van der Waals surface area contributed by atoms with Crippen LogP contribution in [0.3, 0.4) is 0 Å². The van der Waals surface area contributed by atoms with Gasteiger partial charge in [-0.3, -0.25) is 10.1 Å². The summed E-state index contributed by atoms with van der Waals surface area (Å²) < 4.78 is 6.20. The molecule has 2 fully saturated rings. The van der Waals surface area contributed by atoms with Crippen molar-refractivity contribution in [3.63, 3.8) is 0 Å². The Morgan fingerprint density at radius 1 is 0.949 bits per heavy atom. The number of pyridine rings is 1. The molecule has 11 heteroatoms. The summed E-state index contributed by atoms with van der Waals surface area (Å²) in [6.45, 7) is 5.35. The van der Waals surface area contributed by atoms with E-state index >= 15 is 0 Å². The maximum atomic E-state index is 6.72. The Morgan fingerprint density at radius 2 is 1.74 bits per heavy atom. The standard InChI is InChI=1S/C28H28ClN9O/c1-17-14-20-21(31-17)4-5-23(27(20)29)39-28-33-24(32-25-15-22(35-36-25)18-2-3-18)16-26(34-28)38-12-10-37(11-13-38)19-6-8-30-9-7-19/h4-9,14-16,18,31H,2-3,10-13H2,1H3,(H2,32,33,34,35,36). The summed E-state index contributed by atoms with van der Waals surface area (Å²) in [5, 5.41) is 12.3.